The second-order valence-corrected chi connectivity index (χ2v) is 5.30. The Balaban J connectivity index is 2.65. The smallest absolute Gasteiger partial charge is 0.0746 e. The minimum Gasteiger partial charge on any atom is -0.391 e. The van der Waals surface area contributed by atoms with Crippen LogP contribution in [0, 0.1) is 5.41 Å². The fourth-order valence-corrected chi connectivity index (χ4v) is 2.16. The monoisotopic (exact) mass is 185 g/mol. The molecule has 0 aromatic rings. The van der Waals surface area contributed by atoms with Crippen molar-refractivity contribution in [1.29, 1.82) is 0 Å². The van der Waals surface area contributed by atoms with Crippen LogP contribution < -0.4 is 0 Å². The highest BCUT2D eigenvalue weighted by Gasteiger charge is 2.42. The van der Waals surface area contributed by atoms with Crippen molar-refractivity contribution in [2.24, 2.45) is 5.41 Å². The molecule has 1 fully saturated rings. The number of hydrogen-bond donors (Lipinski definition) is 1. The van der Waals surface area contributed by atoms with E-state index in [2.05, 4.69) is 39.6 Å². The van der Waals surface area contributed by atoms with Crippen LogP contribution in [-0.4, -0.2) is 35.2 Å². The lowest BCUT2D eigenvalue weighted by Gasteiger charge is -2.33. The van der Waals surface area contributed by atoms with Crippen molar-refractivity contribution >= 4 is 0 Å². The number of hydrogen-bond acceptors (Lipinski definition) is 2. The second-order valence-electron chi connectivity index (χ2n) is 5.30. The first-order chi connectivity index (χ1) is 5.86. The lowest BCUT2D eigenvalue weighted by Crippen LogP contribution is -2.45. The Morgan fingerprint density at radius 2 is 1.92 bits per heavy atom. The van der Waals surface area contributed by atoms with E-state index in [4.69, 9.17) is 0 Å². The molecule has 1 rings (SSSR count). The molecule has 2 unspecified atom stereocenters. The summed E-state index contributed by atoms with van der Waals surface area (Å²) in [4.78, 5) is 2.29. The molecule has 2 heteroatoms. The highest BCUT2D eigenvalue weighted by Crippen LogP contribution is 2.39. The summed E-state index contributed by atoms with van der Waals surface area (Å²) in [5, 5.41) is 10.1. The van der Waals surface area contributed by atoms with Gasteiger partial charge in [0.15, 0.2) is 0 Å². The molecule has 78 valence electrons. The molecule has 0 amide bonds. The summed E-state index contributed by atoms with van der Waals surface area (Å²) in [5.74, 6) is 0. The van der Waals surface area contributed by atoms with Crippen molar-refractivity contribution in [2.75, 3.05) is 7.05 Å². The minimum absolute atomic E-state index is 0.105. The fourth-order valence-electron chi connectivity index (χ4n) is 2.16. The van der Waals surface area contributed by atoms with E-state index in [1.165, 1.54) is 0 Å². The summed E-state index contributed by atoms with van der Waals surface area (Å²) in [7, 11) is 2.11. The van der Waals surface area contributed by atoms with Crippen LogP contribution in [0.1, 0.15) is 40.5 Å². The first-order valence-corrected chi connectivity index (χ1v) is 5.26. The van der Waals surface area contributed by atoms with Gasteiger partial charge in [-0.1, -0.05) is 13.8 Å². The summed E-state index contributed by atoms with van der Waals surface area (Å²) < 4.78 is 0. The second kappa shape index (κ2) is 3.58. The Hall–Kier alpha value is -0.0800. The van der Waals surface area contributed by atoms with Crippen molar-refractivity contribution in [1.82, 2.24) is 4.90 Å². The van der Waals surface area contributed by atoms with Crippen LogP contribution in [0.4, 0.5) is 0 Å². The molecular weight excluding hydrogens is 162 g/mol. The zero-order chi connectivity index (χ0) is 10.2. The van der Waals surface area contributed by atoms with Gasteiger partial charge in [-0.3, -0.25) is 4.90 Å². The van der Waals surface area contributed by atoms with Crippen molar-refractivity contribution in [3.05, 3.63) is 0 Å². The Kier molecular flexibility index (Phi) is 3.03. The van der Waals surface area contributed by atoms with Crippen LogP contribution >= 0.6 is 0 Å². The van der Waals surface area contributed by atoms with Crippen LogP contribution in [0.5, 0.6) is 0 Å². The first kappa shape index (κ1) is 11.0. The molecule has 0 aromatic heterocycles. The Morgan fingerprint density at radius 3 is 2.23 bits per heavy atom. The van der Waals surface area contributed by atoms with Crippen LogP contribution in [0.25, 0.3) is 0 Å². The zero-order valence-electron chi connectivity index (χ0n) is 9.54. The molecular formula is C11H23NO. The highest BCUT2D eigenvalue weighted by atomic mass is 16.3. The number of aliphatic hydroxyl groups is 1. The number of aliphatic hydroxyl groups excluding tert-OH is 1. The van der Waals surface area contributed by atoms with E-state index >= 15 is 0 Å². The number of nitrogens with zero attached hydrogens (tertiary/aromatic N) is 1. The fraction of sp³-hybridized carbons (Fsp3) is 1.00. The van der Waals surface area contributed by atoms with Gasteiger partial charge in [0.05, 0.1) is 6.10 Å². The van der Waals surface area contributed by atoms with E-state index in [9.17, 15) is 5.11 Å². The lowest BCUT2D eigenvalue weighted by atomic mass is 9.88. The maximum Gasteiger partial charge on any atom is 0.0746 e. The number of rotatable bonds is 2. The van der Waals surface area contributed by atoms with Crippen LogP contribution in [0.3, 0.4) is 0 Å². The minimum atomic E-state index is -0.167. The quantitative estimate of drug-likeness (QED) is 0.710. The van der Waals surface area contributed by atoms with Gasteiger partial charge in [0.1, 0.15) is 0 Å². The molecule has 0 heterocycles. The Bertz CT molecular complexity index is 177. The lowest BCUT2D eigenvalue weighted by molar-refractivity contribution is 0.0141. The van der Waals surface area contributed by atoms with Gasteiger partial charge in [0, 0.05) is 12.1 Å². The van der Waals surface area contributed by atoms with Crippen molar-refractivity contribution in [3.8, 4) is 0 Å². The molecule has 0 spiro atoms. The molecule has 1 saturated carbocycles. The zero-order valence-corrected chi connectivity index (χ0v) is 9.54. The molecule has 1 aliphatic carbocycles. The van der Waals surface area contributed by atoms with Crippen molar-refractivity contribution in [3.63, 3.8) is 0 Å². The summed E-state index contributed by atoms with van der Waals surface area (Å²) in [6.07, 6.45) is 2.10. The first-order valence-electron chi connectivity index (χ1n) is 5.26. The van der Waals surface area contributed by atoms with Gasteiger partial charge in [0.25, 0.3) is 0 Å². The average Bonchev–Trinajstić information content (AvgIpc) is 2.27. The predicted octanol–water partition coefficient (Wildman–Crippen LogP) is 1.88. The van der Waals surface area contributed by atoms with Gasteiger partial charge in [-0.25, -0.2) is 0 Å². The maximum atomic E-state index is 10.1. The van der Waals surface area contributed by atoms with Gasteiger partial charge in [0.2, 0.25) is 0 Å². The standard InChI is InChI=1S/C11H23NO/c1-8(2)12(5)9-6-7-11(3,4)10(9)13/h8-10,13H,6-7H2,1-5H3. The normalized spacial score (nSPS) is 33.2. The molecule has 1 N–H and O–H groups in total. The molecule has 0 bridgehead atoms. The van der Waals surface area contributed by atoms with E-state index in [0.717, 1.165) is 12.8 Å². The van der Waals surface area contributed by atoms with Crippen molar-refractivity contribution in [2.45, 2.75) is 58.7 Å². The van der Waals surface area contributed by atoms with Gasteiger partial charge in [-0.15, -0.1) is 0 Å². The van der Waals surface area contributed by atoms with Gasteiger partial charge in [-0.2, -0.15) is 0 Å². The molecule has 0 aliphatic heterocycles. The summed E-state index contributed by atoms with van der Waals surface area (Å²) >= 11 is 0. The Morgan fingerprint density at radius 1 is 1.38 bits per heavy atom. The van der Waals surface area contributed by atoms with Gasteiger partial charge in [-0.05, 0) is 39.2 Å². The largest absolute Gasteiger partial charge is 0.391 e. The molecule has 2 atom stereocenters. The summed E-state index contributed by atoms with van der Waals surface area (Å²) in [6, 6.07) is 0.878. The molecule has 0 saturated heterocycles. The maximum absolute atomic E-state index is 10.1. The summed E-state index contributed by atoms with van der Waals surface area (Å²) in [6.45, 7) is 8.67. The third-order valence-electron chi connectivity index (χ3n) is 3.59. The topological polar surface area (TPSA) is 23.5 Å². The van der Waals surface area contributed by atoms with Crippen molar-refractivity contribution < 1.29 is 5.11 Å². The summed E-state index contributed by atoms with van der Waals surface area (Å²) in [5.41, 5.74) is 0.105. The van der Waals surface area contributed by atoms with Crippen LogP contribution in [-0.2, 0) is 0 Å². The molecule has 2 nitrogen and oxygen atoms in total. The third-order valence-corrected chi connectivity index (χ3v) is 3.59. The van der Waals surface area contributed by atoms with Crippen LogP contribution in [0.2, 0.25) is 0 Å². The molecule has 1 aliphatic rings. The average molecular weight is 185 g/mol. The third kappa shape index (κ3) is 2.05. The van der Waals surface area contributed by atoms with E-state index < -0.39 is 0 Å². The van der Waals surface area contributed by atoms with Gasteiger partial charge >= 0.3 is 0 Å². The molecule has 0 aromatic carbocycles. The van der Waals surface area contributed by atoms with Crippen LogP contribution in [0.15, 0.2) is 0 Å². The predicted molar refractivity (Wildman–Crippen MR) is 55.7 cm³/mol. The van der Waals surface area contributed by atoms with E-state index in [-0.39, 0.29) is 11.5 Å². The van der Waals surface area contributed by atoms with E-state index in [0.29, 0.717) is 12.1 Å². The highest BCUT2D eigenvalue weighted by molar-refractivity contribution is 4.96. The van der Waals surface area contributed by atoms with Gasteiger partial charge < -0.3 is 5.11 Å². The Labute approximate surface area is 81.9 Å². The van der Waals surface area contributed by atoms with E-state index in [1.807, 2.05) is 0 Å². The number of likely N-dealkylation sites (N-methyl/N-ethyl adjacent to an activating group) is 1. The SMILES string of the molecule is CC(C)N(C)C1CCC(C)(C)C1O. The molecule has 0 radical (unpaired) electrons. The van der Waals surface area contributed by atoms with E-state index in [1.54, 1.807) is 0 Å². The molecule has 13 heavy (non-hydrogen) atoms.